The average molecular weight is 391 g/mol. The molecule has 3 rings (SSSR count). The van der Waals surface area contributed by atoms with E-state index in [0.29, 0.717) is 47.1 Å². The van der Waals surface area contributed by atoms with Gasteiger partial charge in [0, 0.05) is 29.7 Å². The monoisotopic (exact) mass is 390 g/mol. The molecule has 0 unspecified atom stereocenters. The van der Waals surface area contributed by atoms with Gasteiger partial charge in [-0.25, -0.2) is 0 Å². The summed E-state index contributed by atoms with van der Waals surface area (Å²) in [5, 5.41) is 3.92. The lowest BCUT2D eigenvalue weighted by atomic mass is 10.0. The molecule has 1 aliphatic heterocycles. The number of nitrogens with zero attached hydrogens (tertiary/aromatic N) is 1. The summed E-state index contributed by atoms with van der Waals surface area (Å²) in [5.41, 5.74) is 2.17. The fourth-order valence-corrected chi connectivity index (χ4v) is 3.60. The van der Waals surface area contributed by atoms with E-state index >= 15 is 0 Å². The van der Waals surface area contributed by atoms with Crippen molar-refractivity contribution in [2.75, 3.05) is 13.1 Å². The van der Waals surface area contributed by atoms with Gasteiger partial charge in [0.1, 0.15) is 0 Å². The van der Waals surface area contributed by atoms with Gasteiger partial charge in [-0.3, -0.25) is 9.59 Å². The van der Waals surface area contributed by atoms with E-state index in [0.717, 1.165) is 5.56 Å². The Labute approximate surface area is 163 Å². The highest BCUT2D eigenvalue weighted by atomic mass is 35.5. The van der Waals surface area contributed by atoms with Crippen molar-refractivity contribution < 1.29 is 9.59 Å². The first-order valence-corrected chi connectivity index (χ1v) is 9.31. The summed E-state index contributed by atoms with van der Waals surface area (Å²) in [4.78, 5) is 26.8. The summed E-state index contributed by atoms with van der Waals surface area (Å²) in [7, 11) is 0. The minimum atomic E-state index is -0.102. The van der Waals surface area contributed by atoms with E-state index in [1.807, 2.05) is 31.2 Å². The highest BCUT2D eigenvalue weighted by Gasteiger charge is 2.26. The molecule has 1 aliphatic rings. The molecule has 0 atom stereocenters. The number of rotatable bonds is 3. The maximum absolute atomic E-state index is 12.6. The number of likely N-dealkylation sites (tertiary alicyclic amines) is 1. The number of nitrogens with one attached hydrogen (secondary N) is 1. The third-order valence-electron chi connectivity index (χ3n) is 4.56. The molecular weight excluding hydrogens is 371 g/mol. The number of hydrogen-bond acceptors (Lipinski definition) is 2. The number of benzene rings is 2. The summed E-state index contributed by atoms with van der Waals surface area (Å²) in [6, 6.07) is 12.5. The van der Waals surface area contributed by atoms with Crippen molar-refractivity contribution in [2.24, 2.45) is 0 Å². The van der Waals surface area contributed by atoms with Crippen LogP contribution in [0, 0.1) is 6.92 Å². The maximum atomic E-state index is 12.6. The summed E-state index contributed by atoms with van der Waals surface area (Å²) >= 11 is 12.0. The number of carbonyl (C=O) groups is 2. The van der Waals surface area contributed by atoms with Crippen LogP contribution in [0.4, 0.5) is 0 Å². The highest BCUT2D eigenvalue weighted by Crippen LogP contribution is 2.23. The smallest absolute Gasteiger partial charge is 0.255 e. The van der Waals surface area contributed by atoms with Gasteiger partial charge < -0.3 is 10.2 Å². The largest absolute Gasteiger partial charge is 0.349 e. The molecule has 0 aliphatic carbocycles. The van der Waals surface area contributed by atoms with E-state index in [-0.39, 0.29) is 17.9 Å². The highest BCUT2D eigenvalue weighted by molar-refractivity contribution is 6.36. The fourth-order valence-electron chi connectivity index (χ4n) is 3.12. The molecule has 0 radical (unpaired) electrons. The molecule has 2 amide bonds. The third-order valence-corrected chi connectivity index (χ3v) is 5.11. The third kappa shape index (κ3) is 4.37. The number of carbonyl (C=O) groups excluding carboxylic acids is 2. The lowest BCUT2D eigenvalue weighted by Crippen LogP contribution is -2.46. The second-order valence-electron chi connectivity index (χ2n) is 6.53. The number of piperidine rings is 1. The number of amides is 2. The molecule has 0 aromatic heterocycles. The Hall–Kier alpha value is -2.04. The van der Waals surface area contributed by atoms with Crippen LogP contribution in [0.2, 0.25) is 10.0 Å². The van der Waals surface area contributed by atoms with Crippen LogP contribution >= 0.6 is 23.2 Å². The van der Waals surface area contributed by atoms with Crippen LogP contribution in [-0.2, 0) is 0 Å². The Morgan fingerprint density at radius 1 is 1.08 bits per heavy atom. The van der Waals surface area contributed by atoms with Gasteiger partial charge in [-0.2, -0.15) is 0 Å². The molecule has 6 heteroatoms. The van der Waals surface area contributed by atoms with E-state index in [9.17, 15) is 9.59 Å². The SMILES string of the molecule is Cc1cccc(C(=O)NC2CCN(C(=O)c3ccc(Cl)cc3Cl)CC2)c1. The molecule has 1 fully saturated rings. The molecule has 1 N–H and O–H groups in total. The molecule has 4 nitrogen and oxygen atoms in total. The van der Waals surface area contributed by atoms with Crippen LogP contribution < -0.4 is 5.32 Å². The Balaban J connectivity index is 1.57. The zero-order valence-corrected chi connectivity index (χ0v) is 16.0. The van der Waals surface area contributed by atoms with Gasteiger partial charge in [-0.05, 0) is 50.1 Å². The van der Waals surface area contributed by atoms with Gasteiger partial charge in [-0.1, -0.05) is 40.9 Å². The lowest BCUT2D eigenvalue weighted by molar-refractivity contribution is 0.0698. The number of halogens is 2. The molecule has 2 aromatic rings. The molecule has 0 spiro atoms. The lowest BCUT2D eigenvalue weighted by Gasteiger charge is -2.32. The predicted molar refractivity (Wildman–Crippen MR) is 104 cm³/mol. The van der Waals surface area contributed by atoms with Gasteiger partial charge >= 0.3 is 0 Å². The second-order valence-corrected chi connectivity index (χ2v) is 7.38. The van der Waals surface area contributed by atoms with E-state index in [1.165, 1.54) is 0 Å². The van der Waals surface area contributed by atoms with E-state index in [2.05, 4.69) is 5.32 Å². The van der Waals surface area contributed by atoms with Crippen molar-refractivity contribution >= 4 is 35.0 Å². The van der Waals surface area contributed by atoms with Gasteiger partial charge in [-0.15, -0.1) is 0 Å². The van der Waals surface area contributed by atoms with E-state index < -0.39 is 0 Å². The minimum absolute atomic E-state index is 0.0627. The van der Waals surface area contributed by atoms with Crippen molar-refractivity contribution in [3.63, 3.8) is 0 Å². The van der Waals surface area contributed by atoms with Crippen molar-refractivity contribution in [3.05, 3.63) is 69.2 Å². The summed E-state index contributed by atoms with van der Waals surface area (Å²) in [5.74, 6) is -0.172. The summed E-state index contributed by atoms with van der Waals surface area (Å²) in [6.45, 7) is 3.12. The quantitative estimate of drug-likeness (QED) is 0.847. The van der Waals surface area contributed by atoms with E-state index in [4.69, 9.17) is 23.2 Å². The van der Waals surface area contributed by atoms with Gasteiger partial charge in [0.25, 0.3) is 11.8 Å². The maximum Gasteiger partial charge on any atom is 0.255 e. The van der Waals surface area contributed by atoms with Gasteiger partial charge in [0.15, 0.2) is 0 Å². The second kappa shape index (κ2) is 8.11. The Kier molecular flexibility index (Phi) is 5.84. The van der Waals surface area contributed by atoms with Gasteiger partial charge in [0.05, 0.1) is 10.6 Å². The average Bonchev–Trinajstić information content (AvgIpc) is 2.62. The van der Waals surface area contributed by atoms with Crippen LogP contribution in [-0.4, -0.2) is 35.8 Å². The Morgan fingerprint density at radius 3 is 2.46 bits per heavy atom. The molecule has 1 saturated heterocycles. The topological polar surface area (TPSA) is 49.4 Å². The van der Waals surface area contributed by atoms with Crippen LogP contribution in [0.1, 0.15) is 39.1 Å². The summed E-state index contributed by atoms with van der Waals surface area (Å²) in [6.07, 6.45) is 1.43. The zero-order chi connectivity index (χ0) is 18.7. The van der Waals surface area contributed by atoms with Crippen LogP contribution in [0.5, 0.6) is 0 Å². The molecule has 2 aromatic carbocycles. The zero-order valence-electron chi connectivity index (χ0n) is 14.5. The van der Waals surface area contributed by atoms with Crippen LogP contribution in [0.25, 0.3) is 0 Å². The molecule has 26 heavy (non-hydrogen) atoms. The van der Waals surface area contributed by atoms with Crippen molar-refractivity contribution in [1.29, 1.82) is 0 Å². The summed E-state index contributed by atoms with van der Waals surface area (Å²) < 4.78 is 0. The van der Waals surface area contributed by atoms with Crippen LogP contribution in [0.15, 0.2) is 42.5 Å². The standard InChI is InChI=1S/C20H20Cl2N2O2/c1-13-3-2-4-14(11-13)19(25)23-16-7-9-24(10-8-16)20(26)17-6-5-15(21)12-18(17)22/h2-6,11-12,16H,7-10H2,1H3,(H,23,25). The minimum Gasteiger partial charge on any atom is -0.349 e. The number of aryl methyl sites for hydroxylation is 1. The molecule has 1 heterocycles. The van der Waals surface area contributed by atoms with Gasteiger partial charge in [0.2, 0.25) is 0 Å². The predicted octanol–water partition coefficient (Wildman–Crippen LogP) is 4.34. The first-order chi connectivity index (χ1) is 12.4. The van der Waals surface area contributed by atoms with Crippen molar-refractivity contribution in [2.45, 2.75) is 25.8 Å². The fraction of sp³-hybridized carbons (Fsp3) is 0.300. The normalized spacial score (nSPS) is 15.0. The Bertz CT molecular complexity index is 830. The van der Waals surface area contributed by atoms with Crippen molar-refractivity contribution in [1.82, 2.24) is 10.2 Å². The van der Waals surface area contributed by atoms with Crippen molar-refractivity contribution in [3.8, 4) is 0 Å². The van der Waals surface area contributed by atoms with Crippen LogP contribution in [0.3, 0.4) is 0 Å². The van der Waals surface area contributed by atoms with E-state index in [1.54, 1.807) is 23.1 Å². The first-order valence-electron chi connectivity index (χ1n) is 8.56. The first kappa shape index (κ1) is 18.7. The Morgan fingerprint density at radius 2 is 1.81 bits per heavy atom. The molecular formula is C20H20Cl2N2O2. The number of hydrogen-bond donors (Lipinski definition) is 1. The molecule has 0 bridgehead atoms. The molecule has 0 saturated carbocycles. The molecule has 136 valence electrons.